The molecule has 1 heterocycles. The highest BCUT2D eigenvalue weighted by atomic mass is 19.1. The molecule has 0 aliphatic rings. The second kappa shape index (κ2) is 5.87. The zero-order valence-corrected chi connectivity index (χ0v) is 12.1. The fourth-order valence-corrected chi connectivity index (χ4v) is 1.63. The predicted molar refractivity (Wildman–Crippen MR) is 78.7 cm³/mol. The van der Waals surface area contributed by atoms with Gasteiger partial charge < -0.3 is 0 Å². The Morgan fingerprint density at radius 3 is 2.76 bits per heavy atom. The minimum Gasteiger partial charge on any atom is -0.281 e. The molecule has 1 aromatic heterocycles. The first-order valence-electron chi connectivity index (χ1n) is 6.51. The third kappa shape index (κ3) is 3.98. The summed E-state index contributed by atoms with van der Waals surface area (Å²) in [5.41, 5.74) is 3.93. The van der Waals surface area contributed by atoms with E-state index in [0.29, 0.717) is 5.56 Å². The molecule has 5 nitrogen and oxygen atoms in total. The van der Waals surface area contributed by atoms with Crippen molar-refractivity contribution in [1.82, 2.24) is 15.6 Å². The highest BCUT2D eigenvalue weighted by Crippen LogP contribution is 2.20. The molecule has 0 aliphatic heterocycles. The van der Waals surface area contributed by atoms with Crippen LogP contribution in [0, 0.1) is 5.82 Å². The van der Waals surface area contributed by atoms with Crippen LogP contribution in [-0.2, 0) is 5.41 Å². The van der Waals surface area contributed by atoms with Crippen molar-refractivity contribution in [3.8, 4) is 0 Å². The van der Waals surface area contributed by atoms with Gasteiger partial charge in [0, 0.05) is 11.1 Å². The van der Waals surface area contributed by atoms with Gasteiger partial charge in [-0.3, -0.25) is 9.89 Å². The van der Waals surface area contributed by atoms with Gasteiger partial charge in [0.05, 0.1) is 6.21 Å². The Balaban J connectivity index is 2.00. The van der Waals surface area contributed by atoms with Crippen LogP contribution >= 0.6 is 0 Å². The smallest absolute Gasteiger partial charge is 0.281 e. The molecule has 0 radical (unpaired) electrons. The first-order valence-corrected chi connectivity index (χ1v) is 6.51. The summed E-state index contributed by atoms with van der Waals surface area (Å²) >= 11 is 0. The SMILES string of the molecule is CC(C)(C)c1cc(C(=O)NN=Cc2cccc(F)c2)n[nH]1. The zero-order chi connectivity index (χ0) is 15.5. The molecule has 0 atom stereocenters. The standard InChI is InChI=1S/C15H17FN4O/c1-15(2,3)13-8-12(18-19-13)14(21)20-17-9-10-5-4-6-11(16)7-10/h4-9H,1-3H3,(H,18,19)(H,20,21). The molecule has 2 rings (SSSR count). The van der Waals surface area contributed by atoms with E-state index in [1.807, 2.05) is 20.8 Å². The number of rotatable bonds is 3. The van der Waals surface area contributed by atoms with Crippen LogP contribution in [0.25, 0.3) is 0 Å². The van der Waals surface area contributed by atoms with Crippen molar-refractivity contribution in [2.75, 3.05) is 0 Å². The molecule has 0 spiro atoms. The lowest BCUT2D eigenvalue weighted by molar-refractivity contribution is 0.0950. The van der Waals surface area contributed by atoms with Gasteiger partial charge in [0.1, 0.15) is 5.82 Å². The van der Waals surface area contributed by atoms with Crippen LogP contribution in [0.5, 0.6) is 0 Å². The van der Waals surface area contributed by atoms with Crippen molar-refractivity contribution in [2.45, 2.75) is 26.2 Å². The van der Waals surface area contributed by atoms with E-state index >= 15 is 0 Å². The Bertz CT molecular complexity index is 670. The molecule has 1 amide bonds. The van der Waals surface area contributed by atoms with E-state index in [-0.39, 0.29) is 16.9 Å². The number of H-pyrrole nitrogens is 1. The molecule has 0 saturated carbocycles. The minimum atomic E-state index is -0.422. The van der Waals surface area contributed by atoms with Crippen LogP contribution < -0.4 is 5.43 Å². The number of aromatic amines is 1. The number of carbonyl (C=O) groups excluding carboxylic acids is 1. The zero-order valence-electron chi connectivity index (χ0n) is 12.1. The van der Waals surface area contributed by atoms with Crippen molar-refractivity contribution >= 4 is 12.1 Å². The van der Waals surface area contributed by atoms with Crippen molar-refractivity contribution in [1.29, 1.82) is 0 Å². The Morgan fingerprint density at radius 2 is 2.14 bits per heavy atom. The van der Waals surface area contributed by atoms with Crippen LogP contribution in [0.3, 0.4) is 0 Å². The summed E-state index contributed by atoms with van der Waals surface area (Å²) in [5, 5.41) is 10.6. The fourth-order valence-electron chi connectivity index (χ4n) is 1.63. The van der Waals surface area contributed by atoms with Crippen molar-refractivity contribution in [3.05, 3.63) is 53.1 Å². The Labute approximate surface area is 122 Å². The van der Waals surface area contributed by atoms with Gasteiger partial charge in [0.25, 0.3) is 5.91 Å². The van der Waals surface area contributed by atoms with Gasteiger partial charge in [-0.05, 0) is 23.8 Å². The van der Waals surface area contributed by atoms with Gasteiger partial charge in [-0.15, -0.1) is 0 Å². The highest BCUT2D eigenvalue weighted by molar-refractivity contribution is 5.93. The molecule has 2 aromatic rings. The quantitative estimate of drug-likeness (QED) is 0.673. The number of halogens is 1. The number of hydrogen-bond donors (Lipinski definition) is 2. The molecule has 6 heteroatoms. The average molecular weight is 288 g/mol. The van der Waals surface area contributed by atoms with E-state index in [1.165, 1.54) is 18.3 Å². The van der Waals surface area contributed by atoms with Gasteiger partial charge >= 0.3 is 0 Å². The number of carbonyl (C=O) groups is 1. The maximum Gasteiger partial charge on any atom is 0.291 e. The lowest BCUT2D eigenvalue weighted by Gasteiger charge is -2.14. The first-order chi connectivity index (χ1) is 9.86. The fraction of sp³-hybridized carbons (Fsp3) is 0.267. The maximum atomic E-state index is 13.0. The molecular formula is C15H17FN4O. The maximum absolute atomic E-state index is 13.0. The second-order valence-electron chi connectivity index (χ2n) is 5.67. The number of amides is 1. The summed E-state index contributed by atoms with van der Waals surface area (Å²) in [4.78, 5) is 11.9. The van der Waals surface area contributed by atoms with Crippen LogP contribution in [0.2, 0.25) is 0 Å². The van der Waals surface area contributed by atoms with E-state index in [0.717, 1.165) is 5.69 Å². The third-order valence-electron chi connectivity index (χ3n) is 2.85. The number of hydrazone groups is 1. The predicted octanol–water partition coefficient (Wildman–Crippen LogP) is 2.61. The van der Waals surface area contributed by atoms with E-state index in [2.05, 4.69) is 20.7 Å². The summed E-state index contributed by atoms with van der Waals surface area (Å²) in [6.07, 6.45) is 1.37. The normalized spacial score (nSPS) is 11.8. The highest BCUT2D eigenvalue weighted by Gasteiger charge is 2.18. The molecule has 110 valence electrons. The summed E-state index contributed by atoms with van der Waals surface area (Å²) in [5.74, 6) is -0.776. The molecule has 0 unspecified atom stereocenters. The van der Waals surface area contributed by atoms with Gasteiger partial charge in [0.2, 0.25) is 0 Å². The van der Waals surface area contributed by atoms with E-state index in [4.69, 9.17) is 0 Å². The molecule has 2 N–H and O–H groups in total. The second-order valence-corrected chi connectivity index (χ2v) is 5.67. The molecule has 0 saturated heterocycles. The summed E-state index contributed by atoms with van der Waals surface area (Å²) < 4.78 is 13.0. The lowest BCUT2D eigenvalue weighted by atomic mass is 9.92. The number of hydrogen-bond acceptors (Lipinski definition) is 3. The Morgan fingerprint density at radius 1 is 1.38 bits per heavy atom. The average Bonchev–Trinajstić information content (AvgIpc) is 2.88. The Hall–Kier alpha value is -2.50. The third-order valence-corrected chi connectivity index (χ3v) is 2.85. The molecule has 0 fully saturated rings. The van der Waals surface area contributed by atoms with Crippen LogP contribution in [0.15, 0.2) is 35.4 Å². The first kappa shape index (κ1) is 14.9. The largest absolute Gasteiger partial charge is 0.291 e. The molecule has 21 heavy (non-hydrogen) atoms. The summed E-state index contributed by atoms with van der Waals surface area (Å²) in [6.45, 7) is 6.05. The summed E-state index contributed by atoms with van der Waals surface area (Å²) in [6, 6.07) is 7.61. The summed E-state index contributed by atoms with van der Waals surface area (Å²) in [7, 11) is 0. The van der Waals surface area contributed by atoms with Gasteiger partial charge in [-0.2, -0.15) is 10.2 Å². The van der Waals surface area contributed by atoms with Gasteiger partial charge in [-0.1, -0.05) is 32.9 Å². The lowest BCUT2D eigenvalue weighted by Crippen LogP contribution is -2.18. The molecule has 0 bridgehead atoms. The molecule has 0 aliphatic carbocycles. The van der Waals surface area contributed by atoms with Crippen LogP contribution in [0.4, 0.5) is 4.39 Å². The molecule has 1 aromatic carbocycles. The van der Waals surface area contributed by atoms with Crippen LogP contribution in [0.1, 0.15) is 42.5 Å². The van der Waals surface area contributed by atoms with Gasteiger partial charge in [0.15, 0.2) is 5.69 Å². The van der Waals surface area contributed by atoms with Crippen molar-refractivity contribution in [2.24, 2.45) is 5.10 Å². The number of nitrogens with one attached hydrogen (secondary N) is 2. The van der Waals surface area contributed by atoms with Crippen LogP contribution in [-0.4, -0.2) is 22.3 Å². The number of nitrogens with zero attached hydrogens (tertiary/aromatic N) is 2. The number of aromatic nitrogens is 2. The van der Waals surface area contributed by atoms with E-state index < -0.39 is 5.91 Å². The van der Waals surface area contributed by atoms with E-state index in [1.54, 1.807) is 18.2 Å². The topological polar surface area (TPSA) is 70.1 Å². The van der Waals surface area contributed by atoms with Gasteiger partial charge in [-0.25, -0.2) is 9.82 Å². The Kier molecular flexibility index (Phi) is 4.16. The van der Waals surface area contributed by atoms with Crippen molar-refractivity contribution in [3.63, 3.8) is 0 Å². The van der Waals surface area contributed by atoms with Crippen molar-refractivity contribution < 1.29 is 9.18 Å². The minimum absolute atomic E-state index is 0.115. The van der Waals surface area contributed by atoms with E-state index in [9.17, 15) is 9.18 Å². The molecular weight excluding hydrogens is 271 g/mol. The monoisotopic (exact) mass is 288 g/mol. The number of benzene rings is 1.